The number of nitrogens with zero attached hydrogens (tertiary/aromatic N) is 4. The Kier molecular flexibility index (Phi) is 6.82. The summed E-state index contributed by atoms with van der Waals surface area (Å²) in [6, 6.07) is 19.2. The van der Waals surface area contributed by atoms with Gasteiger partial charge >= 0.3 is 0 Å². The number of anilines is 1. The predicted molar refractivity (Wildman–Crippen MR) is 128 cm³/mol. The summed E-state index contributed by atoms with van der Waals surface area (Å²) in [5.74, 6) is 0.601. The van der Waals surface area contributed by atoms with Crippen LogP contribution in [0.2, 0.25) is 5.02 Å². The molecular weight excluding hydrogens is 458 g/mol. The first-order chi connectivity index (χ1) is 16.0. The van der Waals surface area contributed by atoms with Crippen LogP contribution in [0.15, 0.2) is 64.2 Å². The summed E-state index contributed by atoms with van der Waals surface area (Å²) in [4.78, 5) is 12.7. The zero-order valence-corrected chi connectivity index (χ0v) is 19.6. The quantitative estimate of drug-likeness (QED) is 0.355. The molecule has 2 heterocycles. The van der Waals surface area contributed by atoms with E-state index >= 15 is 0 Å². The molecule has 0 aliphatic heterocycles. The van der Waals surface area contributed by atoms with Gasteiger partial charge in [-0.05, 0) is 43.2 Å². The van der Waals surface area contributed by atoms with Gasteiger partial charge in [0.15, 0.2) is 0 Å². The molecule has 0 bridgehead atoms. The lowest BCUT2D eigenvalue weighted by molar-refractivity contribution is -0.113. The van der Waals surface area contributed by atoms with Crippen molar-refractivity contribution < 1.29 is 9.21 Å². The highest BCUT2D eigenvalue weighted by Crippen LogP contribution is 2.29. The van der Waals surface area contributed by atoms with E-state index in [0.717, 1.165) is 28.6 Å². The van der Waals surface area contributed by atoms with Gasteiger partial charge in [-0.1, -0.05) is 59.8 Å². The van der Waals surface area contributed by atoms with Crippen LogP contribution in [0, 0.1) is 25.2 Å². The molecular formula is C24H20ClN5O2S. The zero-order valence-electron chi connectivity index (χ0n) is 18.0. The fourth-order valence-corrected chi connectivity index (χ4v) is 4.15. The highest BCUT2D eigenvalue weighted by molar-refractivity contribution is 7.99. The van der Waals surface area contributed by atoms with E-state index in [9.17, 15) is 10.1 Å². The van der Waals surface area contributed by atoms with Crippen molar-refractivity contribution in [2.75, 3.05) is 11.1 Å². The van der Waals surface area contributed by atoms with E-state index in [4.69, 9.17) is 16.0 Å². The van der Waals surface area contributed by atoms with Gasteiger partial charge in [-0.3, -0.25) is 4.79 Å². The van der Waals surface area contributed by atoms with Crippen molar-refractivity contribution in [1.82, 2.24) is 14.8 Å². The molecule has 0 atom stereocenters. The molecule has 0 saturated carbocycles. The van der Waals surface area contributed by atoms with Crippen molar-refractivity contribution in [1.29, 1.82) is 5.26 Å². The van der Waals surface area contributed by atoms with Gasteiger partial charge in [-0.2, -0.15) is 5.26 Å². The SMILES string of the molecule is Cc1c(C#N)c(NC(=O)CSc2nnc(-c3cccc(Cl)c3)o2)n(Cc2ccccc2)c1C. The van der Waals surface area contributed by atoms with Gasteiger partial charge < -0.3 is 14.3 Å². The number of nitriles is 1. The van der Waals surface area contributed by atoms with E-state index in [-0.39, 0.29) is 16.9 Å². The Balaban J connectivity index is 1.48. The number of halogens is 1. The second-order valence-electron chi connectivity index (χ2n) is 7.34. The maximum atomic E-state index is 12.7. The summed E-state index contributed by atoms with van der Waals surface area (Å²) in [5.41, 5.74) is 4.02. The van der Waals surface area contributed by atoms with Crippen LogP contribution in [0.25, 0.3) is 11.5 Å². The fraction of sp³-hybridized carbons (Fsp3) is 0.167. The molecule has 7 nitrogen and oxygen atoms in total. The Bertz CT molecular complexity index is 1340. The van der Waals surface area contributed by atoms with Crippen LogP contribution in [-0.2, 0) is 11.3 Å². The number of amides is 1. The third-order valence-corrected chi connectivity index (χ3v) is 6.24. The number of benzene rings is 2. The Morgan fingerprint density at radius 3 is 2.70 bits per heavy atom. The standard InChI is InChI=1S/C24H20ClN5O2S/c1-15-16(2)30(13-17-7-4-3-5-8-17)22(20(15)12-26)27-21(31)14-33-24-29-28-23(32-24)18-9-6-10-19(25)11-18/h3-11H,13-14H2,1-2H3,(H,27,31). The molecule has 4 rings (SSSR count). The minimum absolute atomic E-state index is 0.0522. The normalized spacial score (nSPS) is 10.7. The van der Waals surface area contributed by atoms with Gasteiger partial charge in [0.25, 0.3) is 5.22 Å². The largest absolute Gasteiger partial charge is 0.411 e. The minimum Gasteiger partial charge on any atom is -0.411 e. The smallest absolute Gasteiger partial charge is 0.277 e. The Morgan fingerprint density at radius 2 is 1.97 bits per heavy atom. The van der Waals surface area contributed by atoms with Crippen LogP contribution >= 0.6 is 23.4 Å². The number of rotatable bonds is 7. The molecule has 1 amide bonds. The lowest BCUT2D eigenvalue weighted by Gasteiger charge is -2.13. The Hall–Kier alpha value is -3.54. The van der Waals surface area contributed by atoms with Crippen molar-refractivity contribution in [2.45, 2.75) is 25.6 Å². The summed E-state index contributed by atoms with van der Waals surface area (Å²) < 4.78 is 7.59. The minimum atomic E-state index is -0.272. The molecule has 0 fully saturated rings. The maximum Gasteiger partial charge on any atom is 0.277 e. The van der Waals surface area contributed by atoms with Gasteiger partial charge in [0, 0.05) is 22.8 Å². The highest BCUT2D eigenvalue weighted by atomic mass is 35.5. The van der Waals surface area contributed by atoms with E-state index in [0.29, 0.717) is 34.4 Å². The molecule has 0 radical (unpaired) electrons. The van der Waals surface area contributed by atoms with Gasteiger partial charge in [0.1, 0.15) is 11.9 Å². The number of nitrogens with one attached hydrogen (secondary N) is 1. The first kappa shape index (κ1) is 22.6. The van der Waals surface area contributed by atoms with Gasteiger partial charge in [-0.15, -0.1) is 10.2 Å². The molecule has 0 saturated heterocycles. The fourth-order valence-electron chi connectivity index (χ4n) is 3.40. The summed E-state index contributed by atoms with van der Waals surface area (Å²) in [5, 5.41) is 21.4. The number of hydrogen-bond donors (Lipinski definition) is 1. The van der Waals surface area contributed by atoms with Crippen molar-refractivity contribution in [3.8, 4) is 17.5 Å². The number of carbonyl (C=O) groups is 1. The van der Waals surface area contributed by atoms with Crippen molar-refractivity contribution in [2.24, 2.45) is 0 Å². The molecule has 2 aromatic heterocycles. The van der Waals surface area contributed by atoms with E-state index in [1.165, 1.54) is 0 Å². The third kappa shape index (κ3) is 5.11. The summed E-state index contributed by atoms with van der Waals surface area (Å²) in [6.07, 6.45) is 0. The predicted octanol–water partition coefficient (Wildman–Crippen LogP) is 5.46. The first-order valence-corrected chi connectivity index (χ1v) is 11.5. The number of hydrogen-bond acceptors (Lipinski definition) is 6. The Labute approximate surface area is 200 Å². The molecule has 33 heavy (non-hydrogen) atoms. The van der Waals surface area contributed by atoms with E-state index in [1.54, 1.807) is 18.2 Å². The number of carbonyl (C=O) groups excluding carboxylic acids is 1. The number of thioether (sulfide) groups is 1. The number of aromatic nitrogens is 3. The molecule has 166 valence electrons. The summed E-state index contributed by atoms with van der Waals surface area (Å²) >= 11 is 7.13. The van der Waals surface area contributed by atoms with Gasteiger partial charge in [0.2, 0.25) is 11.8 Å². The average Bonchev–Trinajstić information content (AvgIpc) is 3.38. The van der Waals surface area contributed by atoms with Gasteiger partial charge in [0.05, 0.1) is 11.3 Å². The van der Waals surface area contributed by atoms with Crippen molar-refractivity contribution >= 4 is 35.1 Å². The molecule has 1 N–H and O–H groups in total. The second kappa shape index (κ2) is 9.94. The van der Waals surface area contributed by atoms with Gasteiger partial charge in [-0.25, -0.2) is 0 Å². The van der Waals surface area contributed by atoms with Crippen molar-refractivity contribution in [3.05, 3.63) is 82.0 Å². The molecule has 2 aromatic carbocycles. The van der Waals surface area contributed by atoms with E-state index in [1.807, 2.05) is 54.8 Å². The lowest BCUT2D eigenvalue weighted by atomic mass is 10.2. The summed E-state index contributed by atoms with van der Waals surface area (Å²) in [7, 11) is 0. The molecule has 0 aliphatic carbocycles. The third-order valence-electron chi connectivity index (χ3n) is 5.19. The lowest BCUT2D eigenvalue weighted by Crippen LogP contribution is -2.18. The van der Waals surface area contributed by atoms with E-state index < -0.39 is 0 Å². The van der Waals surface area contributed by atoms with Crippen LogP contribution in [0.5, 0.6) is 0 Å². The van der Waals surface area contributed by atoms with Crippen LogP contribution in [0.4, 0.5) is 5.82 Å². The molecule has 4 aromatic rings. The second-order valence-corrected chi connectivity index (χ2v) is 8.70. The van der Waals surface area contributed by atoms with Crippen LogP contribution in [0.3, 0.4) is 0 Å². The van der Waals surface area contributed by atoms with Crippen LogP contribution in [0.1, 0.15) is 22.4 Å². The maximum absolute atomic E-state index is 12.7. The average molecular weight is 478 g/mol. The molecule has 9 heteroatoms. The molecule has 0 unspecified atom stereocenters. The van der Waals surface area contributed by atoms with Crippen LogP contribution in [-0.4, -0.2) is 26.4 Å². The first-order valence-electron chi connectivity index (χ1n) is 10.1. The van der Waals surface area contributed by atoms with Crippen LogP contribution < -0.4 is 5.32 Å². The highest BCUT2D eigenvalue weighted by Gasteiger charge is 2.20. The van der Waals surface area contributed by atoms with E-state index in [2.05, 4.69) is 21.6 Å². The van der Waals surface area contributed by atoms with Crippen molar-refractivity contribution in [3.63, 3.8) is 0 Å². The topological polar surface area (TPSA) is 96.7 Å². The molecule has 0 spiro atoms. The summed E-state index contributed by atoms with van der Waals surface area (Å²) in [6.45, 7) is 4.37. The zero-order chi connectivity index (χ0) is 23.4. The molecule has 0 aliphatic rings. The Morgan fingerprint density at radius 1 is 1.18 bits per heavy atom. The monoisotopic (exact) mass is 477 g/mol.